The lowest BCUT2D eigenvalue weighted by atomic mass is 10.0. The molecule has 1 aromatic heterocycles. The van der Waals surface area contributed by atoms with Crippen LogP contribution < -0.4 is 4.72 Å². The molecule has 7 nitrogen and oxygen atoms in total. The van der Waals surface area contributed by atoms with Gasteiger partial charge < -0.3 is 9.47 Å². The Labute approximate surface area is 112 Å². The van der Waals surface area contributed by atoms with E-state index in [1.165, 1.54) is 0 Å². The maximum Gasteiger partial charge on any atom is 0.244 e. The third-order valence-corrected chi connectivity index (χ3v) is 5.08. The minimum atomic E-state index is -3.59. The van der Waals surface area contributed by atoms with Crippen LogP contribution in [0.25, 0.3) is 0 Å². The predicted molar refractivity (Wildman–Crippen MR) is 68.4 cm³/mol. The van der Waals surface area contributed by atoms with E-state index in [2.05, 4.69) is 14.9 Å². The van der Waals surface area contributed by atoms with Crippen molar-refractivity contribution in [2.24, 2.45) is 0 Å². The third-order valence-electron chi connectivity index (χ3n) is 3.41. The van der Waals surface area contributed by atoms with E-state index in [9.17, 15) is 8.42 Å². The van der Waals surface area contributed by atoms with Gasteiger partial charge in [-0.05, 0) is 13.8 Å². The molecule has 1 unspecified atom stereocenters. The molecule has 0 saturated carbocycles. The molecule has 2 N–H and O–H groups in total. The van der Waals surface area contributed by atoms with E-state index in [1.54, 1.807) is 21.0 Å². The van der Waals surface area contributed by atoms with Gasteiger partial charge in [-0.2, -0.15) is 5.10 Å². The molecule has 0 spiro atoms. The zero-order chi connectivity index (χ0) is 14.1. The third kappa shape index (κ3) is 2.81. The SMILES string of the molecule is COC1(CNS(=O)(=O)c2c(C)n[nH]c2C)CCOC1. The monoisotopic (exact) mass is 289 g/mol. The summed E-state index contributed by atoms with van der Waals surface area (Å²) >= 11 is 0. The molecule has 8 heteroatoms. The highest BCUT2D eigenvalue weighted by Crippen LogP contribution is 2.23. The normalized spacial score (nSPS) is 23.9. The molecule has 2 rings (SSSR count). The molecule has 0 radical (unpaired) electrons. The molecule has 1 fully saturated rings. The van der Waals surface area contributed by atoms with Gasteiger partial charge in [-0.25, -0.2) is 13.1 Å². The maximum atomic E-state index is 12.3. The van der Waals surface area contributed by atoms with Crippen molar-refractivity contribution in [2.45, 2.75) is 30.8 Å². The summed E-state index contributed by atoms with van der Waals surface area (Å²) < 4.78 is 37.8. The van der Waals surface area contributed by atoms with Crippen molar-refractivity contribution in [1.82, 2.24) is 14.9 Å². The highest BCUT2D eigenvalue weighted by atomic mass is 32.2. The van der Waals surface area contributed by atoms with Crippen LogP contribution in [0.15, 0.2) is 4.90 Å². The Balaban J connectivity index is 2.14. The highest BCUT2D eigenvalue weighted by Gasteiger charge is 2.36. The minimum absolute atomic E-state index is 0.190. The summed E-state index contributed by atoms with van der Waals surface area (Å²) in [5, 5.41) is 6.57. The number of methoxy groups -OCH3 is 1. The van der Waals surface area contributed by atoms with Gasteiger partial charge in [0.2, 0.25) is 10.0 Å². The predicted octanol–water partition coefficient (Wildman–Crippen LogP) is 0.110. The van der Waals surface area contributed by atoms with Crippen LogP contribution in [0.5, 0.6) is 0 Å². The molecular formula is C11H19N3O4S. The van der Waals surface area contributed by atoms with Crippen molar-refractivity contribution in [3.63, 3.8) is 0 Å². The van der Waals surface area contributed by atoms with Crippen LogP contribution in [0.3, 0.4) is 0 Å². The summed E-state index contributed by atoms with van der Waals surface area (Å²) in [5.74, 6) is 0. The Bertz CT molecular complexity index is 527. The molecule has 1 aliphatic heterocycles. The van der Waals surface area contributed by atoms with Gasteiger partial charge in [0.15, 0.2) is 0 Å². The van der Waals surface area contributed by atoms with E-state index >= 15 is 0 Å². The summed E-state index contributed by atoms with van der Waals surface area (Å²) in [5.41, 5.74) is 0.414. The van der Waals surface area contributed by atoms with Crippen molar-refractivity contribution in [2.75, 3.05) is 26.9 Å². The first kappa shape index (κ1) is 14.4. The number of aryl methyl sites for hydroxylation is 2. The van der Waals surface area contributed by atoms with Crippen molar-refractivity contribution >= 4 is 10.0 Å². The van der Waals surface area contributed by atoms with Crippen LogP contribution >= 0.6 is 0 Å². The fraction of sp³-hybridized carbons (Fsp3) is 0.727. The Kier molecular flexibility index (Phi) is 3.95. The molecule has 108 valence electrons. The van der Waals surface area contributed by atoms with Crippen molar-refractivity contribution in [1.29, 1.82) is 0 Å². The van der Waals surface area contributed by atoms with Crippen LogP contribution in [0.4, 0.5) is 0 Å². The number of aromatic nitrogens is 2. The number of aromatic amines is 1. The lowest BCUT2D eigenvalue weighted by molar-refractivity contribution is -0.0120. The number of nitrogens with one attached hydrogen (secondary N) is 2. The number of ether oxygens (including phenoxy) is 2. The van der Waals surface area contributed by atoms with Crippen LogP contribution in [-0.2, 0) is 19.5 Å². The van der Waals surface area contributed by atoms with E-state index in [1.807, 2.05) is 0 Å². The molecule has 0 bridgehead atoms. The van der Waals surface area contributed by atoms with E-state index in [-0.39, 0.29) is 11.4 Å². The Hall–Kier alpha value is -0.960. The molecule has 0 aliphatic carbocycles. The van der Waals surface area contributed by atoms with Gasteiger partial charge in [-0.15, -0.1) is 0 Å². The van der Waals surface area contributed by atoms with Crippen molar-refractivity contribution < 1.29 is 17.9 Å². The second kappa shape index (κ2) is 5.20. The van der Waals surface area contributed by atoms with Crippen molar-refractivity contribution in [3.8, 4) is 0 Å². The number of nitrogens with zero attached hydrogens (tertiary/aromatic N) is 1. The minimum Gasteiger partial charge on any atom is -0.378 e. The van der Waals surface area contributed by atoms with Crippen LogP contribution in [-0.4, -0.2) is 51.1 Å². The largest absolute Gasteiger partial charge is 0.378 e. The first-order valence-electron chi connectivity index (χ1n) is 6.04. The average molecular weight is 289 g/mol. The molecule has 1 saturated heterocycles. The number of rotatable bonds is 5. The van der Waals surface area contributed by atoms with Crippen LogP contribution in [0, 0.1) is 13.8 Å². The Morgan fingerprint density at radius 2 is 2.26 bits per heavy atom. The summed E-state index contributed by atoms with van der Waals surface area (Å²) in [6.07, 6.45) is 0.676. The van der Waals surface area contributed by atoms with E-state index in [0.717, 1.165) is 0 Å². The number of H-pyrrole nitrogens is 1. The van der Waals surface area contributed by atoms with Gasteiger partial charge in [0, 0.05) is 26.7 Å². The van der Waals surface area contributed by atoms with Gasteiger partial charge in [0.25, 0.3) is 0 Å². The topological polar surface area (TPSA) is 93.3 Å². The second-order valence-corrected chi connectivity index (χ2v) is 6.48. The Morgan fingerprint density at radius 1 is 1.53 bits per heavy atom. The number of hydrogen-bond donors (Lipinski definition) is 2. The first-order chi connectivity index (χ1) is 8.90. The molecule has 0 aromatic carbocycles. The van der Waals surface area contributed by atoms with Gasteiger partial charge in [-0.1, -0.05) is 0 Å². The van der Waals surface area contributed by atoms with Gasteiger partial charge in [0.1, 0.15) is 10.5 Å². The molecule has 0 amide bonds. The van der Waals surface area contributed by atoms with Crippen LogP contribution in [0.2, 0.25) is 0 Å². The average Bonchev–Trinajstić information content (AvgIpc) is 2.95. The standard InChI is InChI=1S/C11H19N3O4S/c1-8-10(9(2)14-13-8)19(15,16)12-6-11(17-3)4-5-18-7-11/h12H,4-7H2,1-3H3,(H,13,14). The van der Waals surface area contributed by atoms with Crippen molar-refractivity contribution in [3.05, 3.63) is 11.4 Å². The zero-order valence-corrected chi connectivity index (χ0v) is 12.1. The summed E-state index contributed by atoms with van der Waals surface area (Å²) in [6.45, 7) is 4.51. The highest BCUT2D eigenvalue weighted by molar-refractivity contribution is 7.89. The second-order valence-electron chi connectivity index (χ2n) is 4.78. The lowest BCUT2D eigenvalue weighted by Crippen LogP contribution is -2.45. The zero-order valence-electron chi connectivity index (χ0n) is 11.3. The molecule has 19 heavy (non-hydrogen) atoms. The number of sulfonamides is 1. The molecule has 1 aromatic rings. The smallest absolute Gasteiger partial charge is 0.244 e. The molecule has 2 heterocycles. The number of hydrogen-bond acceptors (Lipinski definition) is 5. The molecular weight excluding hydrogens is 270 g/mol. The van der Waals surface area contributed by atoms with Crippen LogP contribution in [0.1, 0.15) is 17.8 Å². The summed E-state index contributed by atoms with van der Waals surface area (Å²) in [6, 6.07) is 0. The fourth-order valence-electron chi connectivity index (χ4n) is 2.20. The van der Waals surface area contributed by atoms with E-state index < -0.39 is 15.6 Å². The van der Waals surface area contributed by atoms with E-state index in [0.29, 0.717) is 31.0 Å². The van der Waals surface area contributed by atoms with Gasteiger partial charge in [0.05, 0.1) is 18.0 Å². The Morgan fingerprint density at radius 3 is 2.74 bits per heavy atom. The van der Waals surface area contributed by atoms with E-state index in [4.69, 9.17) is 9.47 Å². The lowest BCUT2D eigenvalue weighted by Gasteiger charge is -2.25. The maximum absolute atomic E-state index is 12.3. The molecule has 1 atom stereocenters. The van der Waals surface area contributed by atoms with Gasteiger partial charge >= 0.3 is 0 Å². The summed E-state index contributed by atoms with van der Waals surface area (Å²) in [7, 11) is -2.03. The summed E-state index contributed by atoms with van der Waals surface area (Å²) in [4.78, 5) is 0.206. The molecule has 1 aliphatic rings. The quantitative estimate of drug-likeness (QED) is 0.802. The van der Waals surface area contributed by atoms with Gasteiger partial charge in [-0.3, -0.25) is 5.10 Å². The fourth-order valence-corrected chi connectivity index (χ4v) is 3.68. The first-order valence-corrected chi connectivity index (χ1v) is 7.53.